The molecular formula is C17H22ClN5O3. The van der Waals surface area contributed by atoms with E-state index in [0.29, 0.717) is 11.3 Å². The number of aromatic nitrogens is 3. The van der Waals surface area contributed by atoms with Crippen LogP contribution in [0.2, 0.25) is 0 Å². The molecule has 1 fully saturated rings. The summed E-state index contributed by atoms with van der Waals surface area (Å²) < 4.78 is 6.48. The molecule has 8 nitrogen and oxygen atoms in total. The molecule has 0 unspecified atom stereocenters. The number of piperidine rings is 1. The van der Waals surface area contributed by atoms with E-state index >= 15 is 0 Å². The van der Waals surface area contributed by atoms with Crippen molar-refractivity contribution in [3.8, 4) is 0 Å². The van der Waals surface area contributed by atoms with E-state index in [1.165, 1.54) is 7.11 Å². The fourth-order valence-corrected chi connectivity index (χ4v) is 2.91. The van der Waals surface area contributed by atoms with Crippen molar-refractivity contribution < 1.29 is 14.3 Å². The molecule has 2 N–H and O–H groups in total. The van der Waals surface area contributed by atoms with E-state index in [9.17, 15) is 9.59 Å². The minimum Gasteiger partial charge on any atom is -0.465 e. The molecule has 1 aromatic carbocycles. The van der Waals surface area contributed by atoms with Crippen LogP contribution < -0.4 is 10.6 Å². The normalized spacial score (nSPS) is 14.4. The van der Waals surface area contributed by atoms with Gasteiger partial charge in [0.15, 0.2) is 5.69 Å². The average Bonchev–Trinajstić information content (AvgIpc) is 3.12. The lowest BCUT2D eigenvalue weighted by Gasteiger charge is -2.22. The Morgan fingerprint density at radius 1 is 1.31 bits per heavy atom. The Morgan fingerprint density at radius 3 is 2.69 bits per heavy atom. The van der Waals surface area contributed by atoms with Gasteiger partial charge in [-0.2, -0.15) is 0 Å². The van der Waals surface area contributed by atoms with Gasteiger partial charge < -0.3 is 15.4 Å². The number of ether oxygens (including phenoxy) is 1. The number of aryl methyl sites for hydroxylation is 1. The molecule has 3 rings (SSSR count). The lowest BCUT2D eigenvalue weighted by atomic mass is 10.1. The molecule has 1 aliphatic heterocycles. The molecular weight excluding hydrogens is 358 g/mol. The Morgan fingerprint density at radius 2 is 2.04 bits per heavy atom. The summed E-state index contributed by atoms with van der Waals surface area (Å²) in [5, 5.41) is 14.1. The molecule has 2 heterocycles. The third-order valence-corrected chi connectivity index (χ3v) is 4.32. The number of nitrogens with one attached hydrogen (secondary N) is 2. The third-order valence-electron chi connectivity index (χ3n) is 4.32. The fraction of sp³-hybridized carbons (Fsp3) is 0.412. The predicted molar refractivity (Wildman–Crippen MR) is 98.9 cm³/mol. The summed E-state index contributed by atoms with van der Waals surface area (Å²) >= 11 is 0. The molecule has 0 bridgehead atoms. The number of nitrogens with zero attached hydrogens (tertiary/aromatic N) is 3. The third kappa shape index (κ3) is 4.39. The number of hydrogen-bond donors (Lipinski definition) is 2. The van der Waals surface area contributed by atoms with E-state index in [-0.39, 0.29) is 30.0 Å². The first-order valence-electron chi connectivity index (χ1n) is 8.21. The molecule has 0 spiro atoms. The number of carbonyl (C=O) groups is 2. The lowest BCUT2D eigenvalue weighted by Crippen LogP contribution is -2.29. The Labute approximate surface area is 157 Å². The Kier molecular flexibility index (Phi) is 6.70. The smallest absolute Gasteiger partial charge is 0.338 e. The number of benzene rings is 1. The van der Waals surface area contributed by atoms with E-state index in [4.69, 9.17) is 4.74 Å². The first-order chi connectivity index (χ1) is 12.1. The van der Waals surface area contributed by atoms with Gasteiger partial charge in [-0.1, -0.05) is 5.21 Å². The molecule has 0 radical (unpaired) electrons. The van der Waals surface area contributed by atoms with Crippen molar-refractivity contribution in [1.29, 1.82) is 0 Å². The number of hydrogen-bond acceptors (Lipinski definition) is 6. The molecule has 0 aliphatic carbocycles. The van der Waals surface area contributed by atoms with Crippen molar-refractivity contribution in [2.45, 2.75) is 25.8 Å². The zero-order valence-corrected chi connectivity index (χ0v) is 15.5. The van der Waals surface area contributed by atoms with Gasteiger partial charge in [-0.25, -0.2) is 9.48 Å². The van der Waals surface area contributed by atoms with Gasteiger partial charge in [-0.15, -0.1) is 17.5 Å². The number of amides is 1. The van der Waals surface area contributed by atoms with Crippen molar-refractivity contribution in [2.75, 3.05) is 25.5 Å². The van der Waals surface area contributed by atoms with Crippen LogP contribution in [0.5, 0.6) is 0 Å². The van der Waals surface area contributed by atoms with Crippen LogP contribution in [0.4, 0.5) is 5.69 Å². The van der Waals surface area contributed by atoms with Gasteiger partial charge in [0.05, 0.1) is 24.9 Å². The molecule has 1 aliphatic rings. The summed E-state index contributed by atoms with van der Waals surface area (Å²) in [6, 6.07) is 5.29. The number of anilines is 1. The van der Waals surface area contributed by atoms with E-state index < -0.39 is 5.97 Å². The van der Waals surface area contributed by atoms with E-state index in [0.717, 1.165) is 31.5 Å². The second-order valence-corrected chi connectivity index (χ2v) is 6.04. The van der Waals surface area contributed by atoms with Gasteiger partial charge in [0.1, 0.15) is 0 Å². The summed E-state index contributed by atoms with van der Waals surface area (Å²) in [6.07, 6.45) is 3.62. The zero-order valence-electron chi connectivity index (χ0n) is 14.7. The Bertz CT molecular complexity index is 786. The van der Waals surface area contributed by atoms with Crippen LogP contribution in [-0.4, -0.2) is 47.1 Å². The van der Waals surface area contributed by atoms with E-state index in [1.54, 1.807) is 36.0 Å². The molecule has 1 saturated heterocycles. The standard InChI is InChI=1S/C17H21N5O3.ClH/c1-11-9-12(3-4-14(11)17(24)25-2)19-16(23)15-10-22(21-20-15)13-5-7-18-8-6-13;/h3-4,9-10,13,18H,5-8H2,1-2H3,(H,19,23);1H. The first kappa shape index (κ1) is 19.9. The maximum Gasteiger partial charge on any atom is 0.338 e. The number of rotatable bonds is 4. The van der Waals surface area contributed by atoms with Crippen LogP contribution in [-0.2, 0) is 4.74 Å². The number of halogens is 1. The highest BCUT2D eigenvalue weighted by Gasteiger charge is 2.19. The van der Waals surface area contributed by atoms with Gasteiger partial charge in [0.25, 0.3) is 5.91 Å². The molecule has 2 aromatic rings. The first-order valence-corrected chi connectivity index (χ1v) is 8.21. The molecule has 1 aromatic heterocycles. The highest BCUT2D eigenvalue weighted by Crippen LogP contribution is 2.19. The Balaban J connectivity index is 0.00000243. The maximum atomic E-state index is 12.4. The minimum atomic E-state index is -0.403. The molecule has 9 heteroatoms. The topological polar surface area (TPSA) is 98.1 Å². The quantitative estimate of drug-likeness (QED) is 0.788. The monoisotopic (exact) mass is 379 g/mol. The summed E-state index contributed by atoms with van der Waals surface area (Å²) in [5.41, 5.74) is 2.06. The summed E-state index contributed by atoms with van der Waals surface area (Å²) in [7, 11) is 1.34. The molecule has 0 saturated carbocycles. The number of esters is 1. The maximum absolute atomic E-state index is 12.4. The van der Waals surface area contributed by atoms with Gasteiger partial charge >= 0.3 is 5.97 Å². The summed E-state index contributed by atoms with van der Waals surface area (Å²) in [5.74, 6) is -0.731. The largest absolute Gasteiger partial charge is 0.465 e. The fourth-order valence-electron chi connectivity index (χ4n) is 2.91. The highest BCUT2D eigenvalue weighted by atomic mass is 35.5. The number of methoxy groups -OCH3 is 1. The zero-order chi connectivity index (χ0) is 17.8. The van der Waals surface area contributed by atoms with Crippen LogP contribution in [0.1, 0.15) is 45.3 Å². The van der Waals surface area contributed by atoms with Crippen molar-refractivity contribution in [1.82, 2.24) is 20.3 Å². The van der Waals surface area contributed by atoms with Gasteiger partial charge in [-0.05, 0) is 56.6 Å². The second-order valence-electron chi connectivity index (χ2n) is 6.04. The summed E-state index contributed by atoms with van der Waals surface area (Å²) in [6.45, 7) is 3.67. The number of carbonyl (C=O) groups excluding carboxylic acids is 2. The lowest BCUT2D eigenvalue weighted by molar-refractivity contribution is 0.0600. The predicted octanol–water partition coefficient (Wildman–Crippen LogP) is 1.97. The van der Waals surface area contributed by atoms with Gasteiger partial charge in [0.2, 0.25) is 0 Å². The van der Waals surface area contributed by atoms with Crippen LogP contribution in [0, 0.1) is 6.92 Å². The Hall–Kier alpha value is -2.45. The SMILES string of the molecule is COC(=O)c1ccc(NC(=O)c2cn(C3CCNCC3)nn2)cc1C.Cl. The summed E-state index contributed by atoms with van der Waals surface area (Å²) in [4.78, 5) is 24.0. The van der Waals surface area contributed by atoms with Crippen molar-refractivity contribution in [2.24, 2.45) is 0 Å². The second kappa shape index (κ2) is 8.77. The van der Waals surface area contributed by atoms with E-state index in [2.05, 4.69) is 20.9 Å². The van der Waals surface area contributed by atoms with Crippen molar-refractivity contribution >= 4 is 30.0 Å². The molecule has 140 valence electrons. The van der Waals surface area contributed by atoms with Crippen LogP contribution in [0.3, 0.4) is 0 Å². The van der Waals surface area contributed by atoms with Crippen LogP contribution in [0.25, 0.3) is 0 Å². The molecule has 1 amide bonds. The van der Waals surface area contributed by atoms with Crippen molar-refractivity contribution in [3.05, 3.63) is 41.2 Å². The van der Waals surface area contributed by atoms with Crippen LogP contribution in [0.15, 0.2) is 24.4 Å². The minimum absolute atomic E-state index is 0. The van der Waals surface area contributed by atoms with Gasteiger partial charge in [-0.3, -0.25) is 4.79 Å². The molecule has 0 atom stereocenters. The van der Waals surface area contributed by atoms with Crippen molar-refractivity contribution in [3.63, 3.8) is 0 Å². The van der Waals surface area contributed by atoms with E-state index in [1.807, 2.05) is 0 Å². The molecule has 26 heavy (non-hydrogen) atoms. The van der Waals surface area contributed by atoms with Gasteiger partial charge in [0, 0.05) is 5.69 Å². The highest BCUT2D eigenvalue weighted by molar-refractivity contribution is 6.03. The average molecular weight is 380 g/mol. The van der Waals surface area contributed by atoms with Crippen LogP contribution >= 0.6 is 12.4 Å².